The summed E-state index contributed by atoms with van der Waals surface area (Å²) in [6.45, 7) is 5.27. The van der Waals surface area contributed by atoms with Gasteiger partial charge in [0.2, 0.25) is 0 Å². The standard InChI is InChI=1S/C15H17F3N2O2/c1-9(2)11-4-6-12(7-5-11)13(21)20-14(22,15(16,17)18)8-10(3)19-20/h4-7,9,22H,8H2,1-3H3. The van der Waals surface area contributed by atoms with E-state index in [1.54, 1.807) is 12.1 Å². The van der Waals surface area contributed by atoms with E-state index in [2.05, 4.69) is 5.10 Å². The smallest absolute Gasteiger partial charge is 0.362 e. The summed E-state index contributed by atoms with van der Waals surface area (Å²) in [5.41, 5.74) is -2.23. The van der Waals surface area contributed by atoms with Crippen LogP contribution in [-0.4, -0.2) is 33.6 Å². The van der Waals surface area contributed by atoms with Gasteiger partial charge in [0, 0.05) is 17.7 Å². The van der Waals surface area contributed by atoms with Crippen molar-refractivity contribution in [3.05, 3.63) is 35.4 Å². The Bertz CT molecular complexity index is 608. The molecule has 0 bridgehead atoms. The molecular weight excluding hydrogens is 297 g/mol. The summed E-state index contributed by atoms with van der Waals surface area (Å²) in [5.74, 6) is -0.740. The van der Waals surface area contributed by atoms with E-state index in [0.717, 1.165) is 5.56 Å². The predicted octanol–water partition coefficient (Wildman–Crippen LogP) is 3.28. The predicted molar refractivity (Wildman–Crippen MR) is 75.4 cm³/mol. The minimum atomic E-state index is -4.98. The van der Waals surface area contributed by atoms with E-state index < -0.39 is 24.2 Å². The van der Waals surface area contributed by atoms with Crippen molar-refractivity contribution in [1.29, 1.82) is 0 Å². The highest BCUT2D eigenvalue weighted by Gasteiger charge is 2.62. The summed E-state index contributed by atoms with van der Waals surface area (Å²) in [7, 11) is 0. The van der Waals surface area contributed by atoms with Gasteiger partial charge in [-0.3, -0.25) is 4.79 Å². The SMILES string of the molecule is CC1=NN(C(=O)c2ccc(C(C)C)cc2)C(O)(C(F)(F)F)C1. The van der Waals surface area contributed by atoms with Crippen LogP contribution >= 0.6 is 0 Å². The molecule has 0 saturated carbocycles. The molecule has 1 unspecified atom stereocenters. The second-order valence-corrected chi connectivity index (χ2v) is 5.72. The normalized spacial score (nSPS) is 22.2. The average molecular weight is 314 g/mol. The topological polar surface area (TPSA) is 52.9 Å². The maximum absolute atomic E-state index is 13.1. The minimum absolute atomic E-state index is 0.0468. The van der Waals surface area contributed by atoms with Gasteiger partial charge >= 0.3 is 6.18 Å². The lowest BCUT2D eigenvalue weighted by atomic mass is 10.0. The monoisotopic (exact) mass is 314 g/mol. The van der Waals surface area contributed by atoms with Gasteiger partial charge in [0.15, 0.2) is 0 Å². The Balaban J connectivity index is 2.35. The van der Waals surface area contributed by atoms with Gasteiger partial charge in [0.05, 0.1) is 0 Å². The van der Waals surface area contributed by atoms with Crippen molar-refractivity contribution < 1.29 is 23.1 Å². The molecule has 0 aliphatic carbocycles. The van der Waals surface area contributed by atoms with Gasteiger partial charge in [-0.25, -0.2) is 0 Å². The van der Waals surface area contributed by atoms with Gasteiger partial charge in [-0.15, -0.1) is 0 Å². The first-order valence-electron chi connectivity index (χ1n) is 6.84. The first-order chi connectivity index (χ1) is 10.1. The molecule has 22 heavy (non-hydrogen) atoms. The van der Waals surface area contributed by atoms with Crippen LogP contribution in [0.15, 0.2) is 29.4 Å². The number of carbonyl (C=O) groups is 1. The van der Waals surface area contributed by atoms with Crippen LogP contribution < -0.4 is 0 Å². The van der Waals surface area contributed by atoms with Gasteiger partial charge in [-0.1, -0.05) is 26.0 Å². The summed E-state index contributed by atoms with van der Waals surface area (Å²) < 4.78 is 39.3. The molecule has 120 valence electrons. The Morgan fingerprint density at radius 2 is 1.86 bits per heavy atom. The number of amides is 1. The summed E-state index contributed by atoms with van der Waals surface area (Å²) in [6.07, 6.45) is -5.73. The van der Waals surface area contributed by atoms with Gasteiger partial charge in [0.25, 0.3) is 11.6 Å². The molecule has 1 atom stereocenters. The summed E-state index contributed by atoms with van der Waals surface area (Å²) in [6, 6.07) is 6.24. The zero-order chi connectivity index (χ0) is 16.7. The number of hydrogen-bond acceptors (Lipinski definition) is 3. The van der Waals surface area contributed by atoms with Gasteiger partial charge in [0.1, 0.15) is 0 Å². The lowest BCUT2D eigenvalue weighted by Crippen LogP contribution is -2.56. The number of alkyl halides is 3. The molecule has 7 heteroatoms. The van der Waals surface area contributed by atoms with E-state index >= 15 is 0 Å². The highest BCUT2D eigenvalue weighted by Crippen LogP contribution is 2.40. The molecule has 4 nitrogen and oxygen atoms in total. The van der Waals surface area contributed by atoms with Crippen molar-refractivity contribution in [3.63, 3.8) is 0 Å². The van der Waals surface area contributed by atoms with Crippen molar-refractivity contribution in [3.8, 4) is 0 Å². The highest BCUT2D eigenvalue weighted by atomic mass is 19.4. The van der Waals surface area contributed by atoms with E-state index in [4.69, 9.17) is 0 Å². The second-order valence-electron chi connectivity index (χ2n) is 5.72. The molecule has 0 fully saturated rings. The van der Waals surface area contributed by atoms with Crippen LogP contribution in [-0.2, 0) is 0 Å². The van der Waals surface area contributed by atoms with Crippen molar-refractivity contribution in [2.45, 2.75) is 45.0 Å². The van der Waals surface area contributed by atoms with Gasteiger partial charge in [-0.2, -0.15) is 23.3 Å². The second kappa shape index (κ2) is 5.39. The van der Waals surface area contributed by atoms with Crippen LogP contribution in [0.5, 0.6) is 0 Å². The number of benzene rings is 1. The molecule has 2 rings (SSSR count). The highest BCUT2D eigenvalue weighted by molar-refractivity contribution is 5.97. The molecule has 0 radical (unpaired) electrons. The van der Waals surface area contributed by atoms with E-state index in [-0.39, 0.29) is 22.2 Å². The average Bonchev–Trinajstić information content (AvgIpc) is 2.74. The molecule has 0 saturated heterocycles. The van der Waals surface area contributed by atoms with E-state index in [0.29, 0.717) is 0 Å². The number of hydrazone groups is 1. The first kappa shape index (κ1) is 16.5. The lowest BCUT2D eigenvalue weighted by Gasteiger charge is -2.32. The minimum Gasteiger partial charge on any atom is -0.362 e. The summed E-state index contributed by atoms with van der Waals surface area (Å²) in [5, 5.41) is 13.6. The Kier molecular flexibility index (Phi) is 4.04. The molecule has 1 amide bonds. The fourth-order valence-electron chi connectivity index (χ4n) is 2.29. The number of nitrogens with zero attached hydrogens (tertiary/aromatic N) is 2. The maximum Gasteiger partial charge on any atom is 0.438 e. The molecule has 1 aliphatic rings. The van der Waals surface area contributed by atoms with Crippen LogP contribution in [0.25, 0.3) is 0 Å². The molecule has 1 heterocycles. The lowest BCUT2D eigenvalue weighted by molar-refractivity contribution is -0.297. The van der Waals surface area contributed by atoms with Crippen LogP contribution in [0.1, 0.15) is 49.0 Å². The Labute approximate surface area is 126 Å². The zero-order valence-electron chi connectivity index (χ0n) is 12.5. The van der Waals surface area contributed by atoms with Crippen molar-refractivity contribution in [1.82, 2.24) is 5.01 Å². The Hall–Kier alpha value is -1.89. The Morgan fingerprint density at radius 1 is 1.32 bits per heavy atom. The maximum atomic E-state index is 13.1. The van der Waals surface area contributed by atoms with Crippen molar-refractivity contribution >= 4 is 11.6 Å². The summed E-state index contributed by atoms with van der Waals surface area (Å²) >= 11 is 0. The van der Waals surface area contributed by atoms with Crippen molar-refractivity contribution in [2.75, 3.05) is 0 Å². The van der Waals surface area contributed by atoms with Crippen LogP contribution in [0.2, 0.25) is 0 Å². The number of halogens is 3. The number of hydrogen-bond donors (Lipinski definition) is 1. The van der Waals surface area contributed by atoms with Crippen molar-refractivity contribution in [2.24, 2.45) is 5.10 Å². The quantitative estimate of drug-likeness (QED) is 0.911. The van der Waals surface area contributed by atoms with E-state index in [9.17, 15) is 23.1 Å². The molecule has 0 spiro atoms. The van der Waals surface area contributed by atoms with Crippen LogP contribution in [0.4, 0.5) is 13.2 Å². The molecule has 1 aliphatic heterocycles. The van der Waals surface area contributed by atoms with E-state index in [1.807, 2.05) is 13.8 Å². The molecule has 1 aromatic carbocycles. The number of rotatable bonds is 2. The van der Waals surface area contributed by atoms with E-state index in [1.165, 1.54) is 19.1 Å². The number of aliphatic hydroxyl groups is 1. The third kappa shape index (κ3) is 2.72. The zero-order valence-corrected chi connectivity index (χ0v) is 12.5. The van der Waals surface area contributed by atoms with Crippen LogP contribution in [0, 0.1) is 0 Å². The number of carbonyl (C=O) groups excluding carboxylic acids is 1. The fraction of sp³-hybridized carbons (Fsp3) is 0.467. The molecule has 1 N–H and O–H groups in total. The molecular formula is C15H17F3N2O2. The molecule has 1 aromatic rings. The first-order valence-corrected chi connectivity index (χ1v) is 6.84. The largest absolute Gasteiger partial charge is 0.438 e. The van der Waals surface area contributed by atoms with Crippen LogP contribution in [0.3, 0.4) is 0 Å². The Morgan fingerprint density at radius 3 is 2.32 bits per heavy atom. The van der Waals surface area contributed by atoms with Gasteiger partial charge < -0.3 is 5.11 Å². The summed E-state index contributed by atoms with van der Waals surface area (Å²) in [4.78, 5) is 12.3. The van der Waals surface area contributed by atoms with Gasteiger partial charge in [-0.05, 0) is 30.5 Å². The molecule has 0 aromatic heterocycles. The fourth-order valence-corrected chi connectivity index (χ4v) is 2.29. The third-order valence-electron chi connectivity index (χ3n) is 3.59. The third-order valence-corrected chi connectivity index (χ3v) is 3.59.